The van der Waals surface area contributed by atoms with Crippen molar-refractivity contribution in [2.45, 2.75) is 60.3 Å². The monoisotopic (exact) mass is 454 g/mol. The van der Waals surface area contributed by atoms with Gasteiger partial charge in [0.25, 0.3) is 5.75 Å². The molecule has 2 rings (SSSR count). The highest BCUT2D eigenvalue weighted by atomic mass is 16.6. The summed E-state index contributed by atoms with van der Waals surface area (Å²) < 4.78 is 22.4. The predicted molar refractivity (Wildman–Crippen MR) is 131 cm³/mol. The van der Waals surface area contributed by atoms with E-state index in [1.807, 2.05) is 25.2 Å². The lowest BCUT2D eigenvalue weighted by Gasteiger charge is -2.13. The molecule has 0 aliphatic carbocycles. The quantitative estimate of drug-likeness (QED) is 0.157. The zero-order chi connectivity index (χ0) is 24.2. The highest BCUT2D eigenvalue weighted by Crippen LogP contribution is 2.37. The lowest BCUT2D eigenvalue weighted by molar-refractivity contribution is -0.132. The molecule has 0 N–H and O–H groups in total. The second-order valence-corrected chi connectivity index (χ2v) is 7.97. The Labute approximate surface area is 195 Å². The largest absolute Gasteiger partial charge is 0.488 e. The molecule has 0 fully saturated rings. The summed E-state index contributed by atoms with van der Waals surface area (Å²) in [6.45, 7) is 10.2. The van der Waals surface area contributed by atoms with Crippen LogP contribution in [0.25, 0.3) is 11.0 Å². The van der Waals surface area contributed by atoms with E-state index in [0.29, 0.717) is 30.8 Å². The smallest absolute Gasteiger partial charge is 0.383 e. The third-order valence-corrected chi connectivity index (χ3v) is 4.75. The highest BCUT2D eigenvalue weighted by molar-refractivity contribution is 5.90. The van der Waals surface area contributed by atoms with E-state index >= 15 is 0 Å². The Morgan fingerprint density at radius 3 is 2.48 bits per heavy atom. The van der Waals surface area contributed by atoms with E-state index < -0.39 is 11.6 Å². The van der Waals surface area contributed by atoms with Crippen LogP contribution in [0.5, 0.6) is 17.2 Å². The van der Waals surface area contributed by atoms with Crippen molar-refractivity contribution in [1.82, 2.24) is 0 Å². The van der Waals surface area contributed by atoms with E-state index in [4.69, 9.17) is 18.6 Å². The third kappa shape index (κ3) is 8.29. The fraction of sp³-hybridized carbons (Fsp3) is 0.407. The molecule has 1 aromatic heterocycles. The first kappa shape index (κ1) is 26.0. The Bertz CT molecular complexity index is 1080. The van der Waals surface area contributed by atoms with Gasteiger partial charge in [-0.25, -0.2) is 4.79 Å². The second kappa shape index (κ2) is 13.3. The molecule has 0 unspecified atom stereocenters. The number of allylic oxidation sites excluding steroid dienone is 4. The molecule has 0 atom stereocenters. The minimum Gasteiger partial charge on any atom is -0.488 e. The summed E-state index contributed by atoms with van der Waals surface area (Å²) in [7, 11) is 0. The average molecular weight is 455 g/mol. The van der Waals surface area contributed by atoms with Gasteiger partial charge in [-0.3, -0.25) is 4.79 Å². The van der Waals surface area contributed by atoms with Crippen LogP contribution in [-0.4, -0.2) is 19.2 Å². The zero-order valence-electron chi connectivity index (χ0n) is 20.2. The highest BCUT2D eigenvalue weighted by Gasteiger charge is 2.21. The van der Waals surface area contributed by atoms with Gasteiger partial charge in [0.2, 0.25) is 0 Å². The van der Waals surface area contributed by atoms with Gasteiger partial charge >= 0.3 is 11.6 Å². The van der Waals surface area contributed by atoms with E-state index in [0.717, 1.165) is 19.3 Å². The first-order valence-electron chi connectivity index (χ1n) is 11.3. The molecule has 6 nitrogen and oxygen atoms in total. The minimum absolute atomic E-state index is 0.181. The molecule has 0 bridgehead atoms. The number of carbonyl (C=O) groups is 1. The maximum absolute atomic E-state index is 12.6. The van der Waals surface area contributed by atoms with Crippen LogP contribution in [0, 0.1) is 0 Å². The number of esters is 1. The van der Waals surface area contributed by atoms with Crippen molar-refractivity contribution >= 4 is 16.9 Å². The van der Waals surface area contributed by atoms with Gasteiger partial charge in [-0.1, -0.05) is 42.4 Å². The van der Waals surface area contributed by atoms with Crippen molar-refractivity contribution in [3.05, 3.63) is 64.1 Å². The maximum Gasteiger partial charge on any atom is 0.383 e. The van der Waals surface area contributed by atoms with Crippen LogP contribution in [0.15, 0.2) is 62.9 Å². The molecule has 2 aromatic rings. The van der Waals surface area contributed by atoms with E-state index in [9.17, 15) is 9.59 Å². The Balaban J connectivity index is 2.30. The summed E-state index contributed by atoms with van der Waals surface area (Å²) in [4.78, 5) is 24.2. The number of carbonyl (C=O) groups excluding carboxylic acids is 1. The van der Waals surface area contributed by atoms with Crippen LogP contribution in [0.2, 0.25) is 0 Å². The molecule has 0 aliphatic rings. The second-order valence-electron chi connectivity index (χ2n) is 7.97. The molecule has 178 valence electrons. The van der Waals surface area contributed by atoms with E-state index in [1.54, 1.807) is 18.2 Å². The number of para-hydroxylation sites is 1. The molecule has 0 saturated heterocycles. The summed E-state index contributed by atoms with van der Waals surface area (Å²) >= 11 is 0. The molecule has 0 amide bonds. The summed E-state index contributed by atoms with van der Waals surface area (Å²) in [6, 6.07) is 5.26. The van der Waals surface area contributed by atoms with Crippen LogP contribution in [0.4, 0.5) is 0 Å². The normalized spacial score (nSPS) is 11.6. The van der Waals surface area contributed by atoms with Crippen LogP contribution in [0.1, 0.15) is 60.3 Å². The topological polar surface area (TPSA) is 75.0 Å². The third-order valence-electron chi connectivity index (χ3n) is 4.75. The number of hydrogen-bond acceptors (Lipinski definition) is 6. The molecule has 0 aliphatic heterocycles. The molecule has 0 radical (unpaired) electrons. The molecule has 1 heterocycles. The lowest BCUT2D eigenvalue weighted by atomic mass is 10.1. The van der Waals surface area contributed by atoms with E-state index in [-0.39, 0.29) is 17.1 Å². The van der Waals surface area contributed by atoms with Crippen LogP contribution in [0.3, 0.4) is 0 Å². The fourth-order valence-electron chi connectivity index (χ4n) is 3.12. The van der Waals surface area contributed by atoms with Gasteiger partial charge in [-0.2, -0.15) is 0 Å². The number of hydrogen-bond donors (Lipinski definition) is 0. The van der Waals surface area contributed by atoms with Gasteiger partial charge in [0.1, 0.15) is 6.61 Å². The fourth-order valence-corrected chi connectivity index (χ4v) is 3.12. The van der Waals surface area contributed by atoms with Crippen molar-refractivity contribution in [3.8, 4) is 17.2 Å². The van der Waals surface area contributed by atoms with Crippen LogP contribution < -0.4 is 19.8 Å². The van der Waals surface area contributed by atoms with Crippen molar-refractivity contribution in [3.63, 3.8) is 0 Å². The van der Waals surface area contributed by atoms with Gasteiger partial charge in [-0.15, -0.1) is 0 Å². The van der Waals surface area contributed by atoms with Crippen molar-refractivity contribution in [1.29, 1.82) is 0 Å². The number of benzene rings is 1. The molecule has 6 heteroatoms. The lowest BCUT2D eigenvalue weighted by Crippen LogP contribution is -2.14. The predicted octanol–water partition coefficient (Wildman–Crippen LogP) is 6.52. The van der Waals surface area contributed by atoms with E-state index in [2.05, 4.69) is 26.8 Å². The van der Waals surface area contributed by atoms with Gasteiger partial charge in [-0.05, 0) is 64.7 Å². The summed E-state index contributed by atoms with van der Waals surface area (Å²) in [5, 5.41) is 0.507. The average Bonchev–Trinajstić information content (AvgIpc) is 2.75. The van der Waals surface area contributed by atoms with Crippen LogP contribution >= 0.6 is 0 Å². The summed E-state index contributed by atoms with van der Waals surface area (Å²) in [6.07, 6.45) is 11.8. The van der Waals surface area contributed by atoms with Crippen molar-refractivity contribution in [2.24, 2.45) is 0 Å². The number of rotatable bonds is 12. The Kier molecular flexibility index (Phi) is 10.5. The SMILES string of the molecule is CCC=CCCOc1c(OC(C)=O)c(=O)oc2c(OC/C=C(\C)CCC=C(C)C)cccc12. The summed E-state index contributed by atoms with van der Waals surface area (Å²) in [5.74, 6) is -0.275. The van der Waals surface area contributed by atoms with Gasteiger partial charge < -0.3 is 18.6 Å². The number of ether oxygens (including phenoxy) is 3. The van der Waals surface area contributed by atoms with Crippen molar-refractivity contribution < 1.29 is 23.4 Å². The van der Waals surface area contributed by atoms with Gasteiger partial charge in [0, 0.05) is 6.92 Å². The first-order valence-corrected chi connectivity index (χ1v) is 11.3. The van der Waals surface area contributed by atoms with Crippen LogP contribution in [-0.2, 0) is 4.79 Å². The molecular formula is C27H34O6. The summed E-state index contributed by atoms with van der Waals surface area (Å²) in [5.41, 5.74) is 1.99. The molecule has 1 aromatic carbocycles. The minimum atomic E-state index is -0.790. The Hall–Kier alpha value is -3.28. The van der Waals surface area contributed by atoms with Gasteiger partial charge in [0.05, 0.1) is 12.0 Å². The molecule has 0 spiro atoms. The Morgan fingerprint density at radius 2 is 1.79 bits per heavy atom. The molecule has 0 saturated carbocycles. The van der Waals surface area contributed by atoms with E-state index in [1.165, 1.54) is 18.1 Å². The zero-order valence-corrected chi connectivity index (χ0v) is 20.2. The molecular weight excluding hydrogens is 420 g/mol. The number of fused-ring (bicyclic) bond motifs is 1. The van der Waals surface area contributed by atoms with Crippen molar-refractivity contribution in [2.75, 3.05) is 13.2 Å². The first-order chi connectivity index (χ1) is 15.8. The molecule has 33 heavy (non-hydrogen) atoms. The van der Waals surface area contributed by atoms with Gasteiger partial charge in [0.15, 0.2) is 17.1 Å². The standard InChI is InChI=1S/C27H34O6/c1-6-7-8-9-17-31-25-22-14-11-15-23(24(22)33-27(29)26(25)32-21(5)28)30-18-16-20(4)13-10-12-19(2)3/h7-8,11-12,14-16H,6,9-10,13,17-18H2,1-5H3/b8-7?,20-16+. The maximum atomic E-state index is 12.6. The Morgan fingerprint density at radius 1 is 1.00 bits per heavy atom.